The summed E-state index contributed by atoms with van der Waals surface area (Å²) in [6.45, 7) is 2.44. The highest BCUT2D eigenvalue weighted by Gasteiger charge is 2.32. The third kappa shape index (κ3) is 3.00. The normalized spacial score (nSPS) is 19.0. The second-order valence-electron chi connectivity index (χ2n) is 4.24. The average molecular weight is 265 g/mol. The van der Waals surface area contributed by atoms with Gasteiger partial charge in [0.2, 0.25) is 0 Å². The lowest BCUT2D eigenvalue weighted by atomic mass is 10.2. The first-order chi connectivity index (χ1) is 9.09. The van der Waals surface area contributed by atoms with Gasteiger partial charge in [-0.2, -0.15) is 0 Å². The molecule has 1 aromatic rings. The number of nitrogens with zero attached hydrogens (tertiary/aromatic N) is 2. The lowest BCUT2D eigenvalue weighted by molar-refractivity contribution is -0.147. The van der Waals surface area contributed by atoms with Crippen molar-refractivity contribution >= 4 is 17.7 Å². The third-order valence-electron chi connectivity index (χ3n) is 2.96. The molecule has 1 aromatic heterocycles. The van der Waals surface area contributed by atoms with Crippen LogP contribution in [-0.2, 0) is 9.53 Å². The zero-order chi connectivity index (χ0) is 13.8. The topological polar surface area (TPSA) is 91.8 Å². The number of aromatic nitrogens is 1. The molecular formula is C12H15N3O4. The number of aliphatic carboxylic acids is 1. The molecule has 19 heavy (non-hydrogen) atoms. The van der Waals surface area contributed by atoms with Gasteiger partial charge in [0.1, 0.15) is 0 Å². The number of carboxylic acids is 1. The van der Waals surface area contributed by atoms with Crippen LogP contribution in [0.25, 0.3) is 0 Å². The van der Waals surface area contributed by atoms with Crippen LogP contribution in [0.15, 0.2) is 18.5 Å². The minimum Gasteiger partial charge on any atom is -0.480 e. The minimum absolute atomic E-state index is 0.00871. The average Bonchev–Trinajstić information content (AvgIpc) is 2.41. The Kier molecular flexibility index (Phi) is 3.96. The van der Waals surface area contributed by atoms with Gasteiger partial charge in [-0.3, -0.25) is 4.98 Å². The van der Waals surface area contributed by atoms with Crippen molar-refractivity contribution in [3.05, 3.63) is 24.0 Å². The van der Waals surface area contributed by atoms with Gasteiger partial charge >= 0.3 is 12.0 Å². The molecule has 1 saturated heterocycles. The van der Waals surface area contributed by atoms with Crippen LogP contribution in [0.4, 0.5) is 10.5 Å². The highest BCUT2D eigenvalue weighted by atomic mass is 16.5. The van der Waals surface area contributed by atoms with Crippen LogP contribution >= 0.6 is 0 Å². The number of aryl methyl sites for hydroxylation is 1. The number of ether oxygens (including phenoxy) is 1. The van der Waals surface area contributed by atoms with E-state index in [0.717, 1.165) is 5.56 Å². The van der Waals surface area contributed by atoms with Crippen LogP contribution < -0.4 is 5.32 Å². The molecule has 1 aliphatic rings. The second-order valence-corrected chi connectivity index (χ2v) is 4.24. The quantitative estimate of drug-likeness (QED) is 0.821. The molecule has 1 fully saturated rings. The number of hydrogen-bond donors (Lipinski definition) is 2. The van der Waals surface area contributed by atoms with Gasteiger partial charge in [0.15, 0.2) is 6.04 Å². The number of pyridine rings is 1. The van der Waals surface area contributed by atoms with E-state index in [2.05, 4.69) is 10.3 Å². The molecule has 0 spiro atoms. The molecular weight excluding hydrogens is 250 g/mol. The molecule has 0 bridgehead atoms. The van der Waals surface area contributed by atoms with Gasteiger partial charge in [0, 0.05) is 12.7 Å². The predicted molar refractivity (Wildman–Crippen MR) is 66.9 cm³/mol. The standard InChI is InChI=1S/C12H15N3O4/c1-8-2-3-13-6-9(8)14-12(18)15-4-5-19-7-10(15)11(16)17/h2-3,6,10H,4-5,7H2,1H3,(H,14,18)(H,16,17). The van der Waals surface area contributed by atoms with Crippen LogP contribution in [0.5, 0.6) is 0 Å². The van der Waals surface area contributed by atoms with Crippen LogP contribution in [0.1, 0.15) is 5.56 Å². The molecule has 0 aliphatic carbocycles. The maximum absolute atomic E-state index is 12.1. The molecule has 1 atom stereocenters. The summed E-state index contributed by atoms with van der Waals surface area (Å²) in [5.74, 6) is -1.07. The summed E-state index contributed by atoms with van der Waals surface area (Å²) >= 11 is 0. The molecule has 0 saturated carbocycles. The number of amides is 2. The van der Waals surface area contributed by atoms with Gasteiger partial charge in [-0.25, -0.2) is 9.59 Å². The van der Waals surface area contributed by atoms with Crippen molar-refractivity contribution in [2.45, 2.75) is 13.0 Å². The Morgan fingerprint density at radius 1 is 1.58 bits per heavy atom. The summed E-state index contributed by atoms with van der Waals surface area (Å²) < 4.78 is 5.08. The molecule has 102 valence electrons. The number of morpholine rings is 1. The number of carbonyl (C=O) groups is 2. The summed E-state index contributed by atoms with van der Waals surface area (Å²) in [4.78, 5) is 28.4. The largest absolute Gasteiger partial charge is 0.480 e. The SMILES string of the molecule is Cc1ccncc1NC(=O)N1CCOCC1C(=O)O. The van der Waals surface area contributed by atoms with Crippen molar-refractivity contribution in [1.82, 2.24) is 9.88 Å². The third-order valence-corrected chi connectivity index (χ3v) is 2.96. The van der Waals surface area contributed by atoms with E-state index in [0.29, 0.717) is 12.3 Å². The fourth-order valence-corrected chi connectivity index (χ4v) is 1.83. The van der Waals surface area contributed by atoms with Crippen molar-refractivity contribution < 1.29 is 19.4 Å². The van der Waals surface area contributed by atoms with Crippen molar-refractivity contribution in [3.8, 4) is 0 Å². The summed E-state index contributed by atoms with van der Waals surface area (Å²) in [6.07, 6.45) is 3.16. The number of hydrogen-bond acceptors (Lipinski definition) is 4. The molecule has 2 amide bonds. The Morgan fingerprint density at radius 2 is 2.37 bits per heavy atom. The van der Waals surface area contributed by atoms with Crippen LogP contribution in [0.3, 0.4) is 0 Å². The van der Waals surface area contributed by atoms with Crippen LogP contribution in [0.2, 0.25) is 0 Å². The zero-order valence-corrected chi connectivity index (χ0v) is 10.5. The van der Waals surface area contributed by atoms with Crippen molar-refractivity contribution in [2.24, 2.45) is 0 Å². The zero-order valence-electron chi connectivity index (χ0n) is 10.5. The van der Waals surface area contributed by atoms with Gasteiger partial charge < -0.3 is 20.1 Å². The maximum atomic E-state index is 12.1. The van der Waals surface area contributed by atoms with Gasteiger partial charge in [-0.1, -0.05) is 0 Å². The smallest absolute Gasteiger partial charge is 0.328 e. The Hall–Kier alpha value is -2.15. The molecule has 2 N–H and O–H groups in total. The summed E-state index contributed by atoms with van der Waals surface area (Å²) in [7, 11) is 0. The summed E-state index contributed by atoms with van der Waals surface area (Å²) in [5.41, 5.74) is 1.44. The van der Waals surface area contributed by atoms with Crippen LogP contribution in [0, 0.1) is 6.92 Å². The lowest BCUT2D eigenvalue weighted by Crippen LogP contribution is -2.54. The number of nitrogens with one attached hydrogen (secondary N) is 1. The summed E-state index contributed by atoms with van der Waals surface area (Å²) in [5, 5.41) is 11.7. The number of rotatable bonds is 2. The Balaban J connectivity index is 2.10. The Bertz CT molecular complexity index is 492. The molecule has 2 heterocycles. The lowest BCUT2D eigenvalue weighted by Gasteiger charge is -2.32. The van der Waals surface area contributed by atoms with Crippen LogP contribution in [-0.4, -0.2) is 52.8 Å². The van der Waals surface area contributed by atoms with E-state index in [1.165, 1.54) is 11.1 Å². The van der Waals surface area contributed by atoms with E-state index >= 15 is 0 Å². The number of anilines is 1. The highest BCUT2D eigenvalue weighted by Crippen LogP contribution is 2.14. The fourth-order valence-electron chi connectivity index (χ4n) is 1.83. The Labute approximate surface area is 110 Å². The molecule has 0 radical (unpaired) electrons. The van der Waals surface area contributed by atoms with Crippen molar-refractivity contribution in [2.75, 3.05) is 25.1 Å². The van der Waals surface area contributed by atoms with E-state index in [1.54, 1.807) is 12.3 Å². The van der Waals surface area contributed by atoms with E-state index in [1.807, 2.05) is 6.92 Å². The number of carbonyl (C=O) groups excluding carboxylic acids is 1. The monoisotopic (exact) mass is 265 g/mol. The van der Waals surface area contributed by atoms with Crippen molar-refractivity contribution in [3.63, 3.8) is 0 Å². The van der Waals surface area contributed by atoms with E-state index < -0.39 is 18.0 Å². The Morgan fingerprint density at radius 3 is 3.05 bits per heavy atom. The fraction of sp³-hybridized carbons (Fsp3) is 0.417. The second kappa shape index (κ2) is 5.66. The van der Waals surface area contributed by atoms with E-state index in [-0.39, 0.29) is 13.2 Å². The molecule has 7 heteroatoms. The van der Waals surface area contributed by atoms with Gasteiger partial charge in [-0.05, 0) is 18.6 Å². The molecule has 1 unspecified atom stereocenters. The molecule has 0 aromatic carbocycles. The van der Waals surface area contributed by atoms with Gasteiger partial charge in [-0.15, -0.1) is 0 Å². The maximum Gasteiger partial charge on any atom is 0.328 e. The molecule has 2 rings (SSSR count). The van der Waals surface area contributed by atoms with E-state index in [4.69, 9.17) is 9.84 Å². The van der Waals surface area contributed by atoms with E-state index in [9.17, 15) is 9.59 Å². The minimum atomic E-state index is -1.07. The first kappa shape index (κ1) is 13.3. The van der Waals surface area contributed by atoms with Crippen molar-refractivity contribution in [1.29, 1.82) is 0 Å². The summed E-state index contributed by atoms with van der Waals surface area (Å²) in [6, 6.07) is 0.362. The first-order valence-corrected chi connectivity index (χ1v) is 5.88. The highest BCUT2D eigenvalue weighted by molar-refractivity contribution is 5.92. The number of urea groups is 1. The van der Waals surface area contributed by atoms with Gasteiger partial charge in [0.25, 0.3) is 0 Å². The van der Waals surface area contributed by atoms with Gasteiger partial charge in [0.05, 0.1) is 25.1 Å². The molecule has 1 aliphatic heterocycles. The predicted octanol–water partition coefficient (Wildman–Crippen LogP) is 0.707. The first-order valence-electron chi connectivity index (χ1n) is 5.88. The molecule has 7 nitrogen and oxygen atoms in total. The number of carboxylic acid groups (broad SMARTS) is 1.